The SMILES string of the molecule is CSc1nccc(-[n+]2cccc(O)c2)n1.[Cl-]. The molecular weight excluding hydrogens is 246 g/mol. The number of aromatic nitrogens is 3. The number of hydrogen-bond donors (Lipinski definition) is 1. The summed E-state index contributed by atoms with van der Waals surface area (Å²) in [5, 5.41) is 10.0. The van der Waals surface area contributed by atoms with Gasteiger partial charge in [-0.15, -0.1) is 0 Å². The predicted molar refractivity (Wildman–Crippen MR) is 57.0 cm³/mol. The first-order chi connectivity index (χ1) is 7.29. The monoisotopic (exact) mass is 255 g/mol. The zero-order valence-corrected chi connectivity index (χ0v) is 10.1. The Morgan fingerprint density at radius 1 is 1.38 bits per heavy atom. The Bertz CT molecular complexity index is 481. The average molecular weight is 256 g/mol. The molecule has 0 aromatic carbocycles. The van der Waals surface area contributed by atoms with E-state index in [1.165, 1.54) is 11.8 Å². The van der Waals surface area contributed by atoms with Gasteiger partial charge in [-0.2, -0.15) is 4.57 Å². The third-order valence-corrected chi connectivity index (χ3v) is 2.41. The van der Waals surface area contributed by atoms with Gasteiger partial charge in [-0.3, -0.25) is 0 Å². The van der Waals surface area contributed by atoms with Crippen LogP contribution >= 0.6 is 11.8 Å². The molecule has 0 saturated carbocycles. The lowest BCUT2D eigenvalue weighted by molar-refractivity contribution is -0.600. The van der Waals surface area contributed by atoms with Crippen LogP contribution in [0.1, 0.15) is 0 Å². The van der Waals surface area contributed by atoms with Crippen LogP contribution in [0, 0.1) is 0 Å². The molecule has 0 atom stereocenters. The average Bonchev–Trinajstić information content (AvgIpc) is 2.29. The highest BCUT2D eigenvalue weighted by Gasteiger charge is 2.10. The van der Waals surface area contributed by atoms with Gasteiger partial charge in [-0.1, -0.05) is 11.8 Å². The molecule has 0 radical (unpaired) electrons. The molecule has 0 bridgehead atoms. The number of nitrogens with zero attached hydrogens (tertiary/aromatic N) is 3. The van der Waals surface area contributed by atoms with Gasteiger partial charge < -0.3 is 17.5 Å². The first-order valence-corrected chi connectivity index (χ1v) is 5.60. The van der Waals surface area contributed by atoms with Crippen molar-refractivity contribution >= 4 is 11.8 Å². The molecule has 2 aromatic heterocycles. The summed E-state index contributed by atoms with van der Waals surface area (Å²) in [6.45, 7) is 0. The van der Waals surface area contributed by atoms with Gasteiger partial charge in [0.05, 0.1) is 12.3 Å². The summed E-state index contributed by atoms with van der Waals surface area (Å²) < 4.78 is 1.75. The van der Waals surface area contributed by atoms with Gasteiger partial charge in [0.15, 0.2) is 5.75 Å². The molecular formula is C10H10ClN3OS. The van der Waals surface area contributed by atoms with E-state index in [1.807, 2.05) is 12.5 Å². The maximum atomic E-state index is 9.33. The Morgan fingerprint density at radius 2 is 2.19 bits per heavy atom. The normalized spacial score (nSPS) is 9.56. The minimum absolute atomic E-state index is 0. The lowest BCUT2D eigenvalue weighted by Gasteiger charge is -1.96. The van der Waals surface area contributed by atoms with E-state index >= 15 is 0 Å². The summed E-state index contributed by atoms with van der Waals surface area (Å²) in [6, 6.07) is 5.17. The van der Waals surface area contributed by atoms with Crippen LogP contribution in [0.15, 0.2) is 41.9 Å². The largest absolute Gasteiger partial charge is 1.00 e. The lowest BCUT2D eigenvalue weighted by Crippen LogP contribution is -3.00. The van der Waals surface area contributed by atoms with Crippen molar-refractivity contribution in [2.24, 2.45) is 0 Å². The number of thioether (sulfide) groups is 1. The van der Waals surface area contributed by atoms with E-state index in [0.29, 0.717) is 5.16 Å². The lowest BCUT2D eigenvalue weighted by atomic mass is 10.4. The smallest absolute Gasteiger partial charge is 0.332 e. The summed E-state index contributed by atoms with van der Waals surface area (Å²) in [5.41, 5.74) is 0. The van der Waals surface area contributed by atoms with Crippen molar-refractivity contribution in [2.45, 2.75) is 5.16 Å². The van der Waals surface area contributed by atoms with Crippen molar-refractivity contribution in [1.29, 1.82) is 0 Å². The molecule has 1 N–H and O–H groups in total. The molecule has 0 aliphatic carbocycles. The maximum absolute atomic E-state index is 9.33. The zero-order valence-electron chi connectivity index (χ0n) is 8.54. The highest BCUT2D eigenvalue weighted by atomic mass is 35.5. The topological polar surface area (TPSA) is 49.9 Å². The molecule has 84 valence electrons. The summed E-state index contributed by atoms with van der Waals surface area (Å²) in [6.07, 6.45) is 7.05. The highest BCUT2D eigenvalue weighted by molar-refractivity contribution is 7.98. The number of rotatable bonds is 2. The standard InChI is InChI=1S/C10H9N3OS.ClH/c1-15-10-11-5-4-9(12-10)13-6-2-3-8(14)7-13;/h2-7H,1H3;1H. The van der Waals surface area contributed by atoms with Crippen LogP contribution in [0.3, 0.4) is 0 Å². The molecule has 0 amide bonds. The second-order valence-electron chi connectivity index (χ2n) is 2.87. The van der Waals surface area contributed by atoms with Crippen LogP contribution in [0.2, 0.25) is 0 Å². The summed E-state index contributed by atoms with van der Waals surface area (Å²) in [7, 11) is 0. The summed E-state index contributed by atoms with van der Waals surface area (Å²) in [4.78, 5) is 8.39. The zero-order chi connectivity index (χ0) is 10.7. The maximum Gasteiger partial charge on any atom is 0.332 e. The highest BCUT2D eigenvalue weighted by Crippen LogP contribution is 2.08. The Labute approximate surface area is 104 Å². The Hall–Kier alpha value is -1.33. The van der Waals surface area contributed by atoms with Gasteiger partial charge in [-0.25, -0.2) is 4.98 Å². The quantitative estimate of drug-likeness (QED) is 0.390. The van der Waals surface area contributed by atoms with Gasteiger partial charge in [0.1, 0.15) is 6.20 Å². The van der Waals surface area contributed by atoms with E-state index in [9.17, 15) is 5.11 Å². The van der Waals surface area contributed by atoms with Crippen molar-refractivity contribution in [3.05, 3.63) is 36.8 Å². The fourth-order valence-corrected chi connectivity index (χ4v) is 1.53. The molecule has 0 spiro atoms. The van der Waals surface area contributed by atoms with Gasteiger partial charge in [0, 0.05) is 6.20 Å². The van der Waals surface area contributed by atoms with Gasteiger partial charge in [0.25, 0.3) is 0 Å². The second kappa shape index (κ2) is 5.67. The molecule has 0 unspecified atom stereocenters. The minimum Gasteiger partial charge on any atom is -1.00 e. The molecule has 0 aliphatic rings. The van der Waals surface area contributed by atoms with Gasteiger partial charge in [-0.05, 0) is 23.4 Å². The van der Waals surface area contributed by atoms with Gasteiger partial charge in [0.2, 0.25) is 0 Å². The fraction of sp³-hybridized carbons (Fsp3) is 0.100. The number of pyridine rings is 1. The van der Waals surface area contributed by atoms with Crippen molar-refractivity contribution in [1.82, 2.24) is 9.97 Å². The van der Waals surface area contributed by atoms with E-state index < -0.39 is 0 Å². The minimum atomic E-state index is 0. The third kappa shape index (κ3) is 2.84. The van der Waals surface area contributed by atoms with Gasteiger partial charge >= 0.3 is 11.0 Å². The fourth-order valence-electron chi connectivity index (χ4n) is 1.18. The molecule has 6 heteroatoms. The van der Waals surface area contributed by atoms with E-state index in [-0.39, 0.29) is 18.2 Å². The van der Waals surface area contributed by atoms with Crippen molar-refractivity contribution in [3.63, 3.8) is 0 Å². The van der Waals surface area contributed by atoms with Crippen molar-refractivity contribution in [3.8, 4) is 11.6 Å². The Kier molecular flexibility index (Phi) is 4.52. The molecule has 2 rings (SSSR count). The van der Waals surface area contributed by atoms with Crippen LogP contribution in [0.25, 0.3) is 5.82 Å². The third-order valence-electron chi connectivity index (χ3n) is 1.85. The first kappa shape index (κ1) is 12.7. The molecule has 2 heterocycles. The summed E-state index contributed by atoms with van der Waals surface area (Å²) >= 11 is 1.48. The Morgan fingerprint density at radius 3 is 2.88 bits per heavy atom. The van der Waals surface area contributed by atoms with Crippen LogP contribution in [-0.4, -0.2) is 21.3 Å². The van der Waals surface area contributed by atoms with Crippen LogP contribution in [0.4, 0.5) is 0 Å². The van der Waals surface area contributed by atoms with Crippen LogP contribution < -0.4 is 17.0 Å². The van der Waals surface area contributed by atoms with E-state index in [1.54, 1.807) is 35.2 Å². The Balaban J connectivity index is 0.00000128. The number of halogens is 1. The molecule has 0 fully saturated rings. The van der Waals surface area contributed by atoms with E-state index in [0.717, 1.165) is 5.82 Å². The van der Waals surface area contributed by atoms with Crippen LogP contribution in [-0.2, 0) is 0 Å². The molecule has 16 heavy (non-hydrogen) atoms. The van der Waals surface area contributed by atoms with E-state index in [2.05, 4.69) is 9.97 Å². The molecule has 4 nitrogen and oxygen atoms in total. The number of hydrogen-bond acceptors (Lipinski definition) is 4. The number of aromatic hydroxyl groups is 1. The van der Waals surface area contributed by atoms with Crippen molar-refractivity contribution < 1.29 is 22.1 Å². The van der Waals surface area contributed by atoms with E-state index in [4.69, 9.17) is 0 Å². The predicted octanol–water partition coefficient (Wildman–Crippen LogP) is -1.82. The molecule has 0 aliphatic heterocycles. The van der Waals surface area contributed by atoms with Crippen LogP contribution in [0.5, 0.6) is 5.75 Å². The first-order valence-electron chi connectivity index (χ1n) is 4.37. The summed E-state index contributed by atoms with van der Waals surface area (Å²) in [5.74, 6) is 0.951. The molecule has 2 aromatic rings. The molecule has 0 saturated heterocycles. The van der Waals surface area contributed by atoms with Crippen molar-refractivity contribution in [2.75, 3.05) is 6.26 Å². The second-order valence-corrected chi connectivity index (χ2v) is 3.64.